The minimum atomic E-state index is -0.570. The van der Waals surface area contributed by atoms with Crippen molar-refractivity contribution >= 4 is 23.7 Å². The molecule has 0 radical (unpaired) electrons. The van der Waals surface area contributed by atoms with Gasteiger partial charge in [-0.15, -0.1) is 11.8 Å². The lowest BCUT2D eigenvalue weighted by Gasteiger charge is -2.33. The van der Waals surface area contributed by atoms with Gasteiger partial charge in [0.1, 0.15) is 6.61 Å². The van der Waals surface area contributed by atoms with Gasteiger partial charge in [0.05, 0.1) is 23.8 Å². The Morgan fingerprint density at radius 2 is 1.85 bits per heavy atom. The summed E-state index contributed by atoms with van der Waals surface area (Å²) in [4.78, 5) is 27.1. The van der Waals surface area contributed by atoms with E-state index in [2.05, 4.69) is 11.0 Å². The molecule has 0 spiro atoms. The van der Waals surface area contributed by atoms with E-state index in [-0.39, 0.29) is 11.9 Å². The molecule has 2 aromatic rings. The van der Waals surface area contributed by atoms with E-state index in [1.165, 1.54) is 4.90 Å². The number of carbonyl (C=O) groups excluding carboxylic acids is 2. The number of carbonyl (C=O) groups is 2. The van der Waals surface area contributed by atoms with Crippen LogP contribution in [0.5, 0.6) is 0 Å². The van der Waals surface area contributed by atoms with Gasteiger partial charge in [0.2, 0.25) is 0 Å². The molecule has 0 aromatic heterocycles. The highest BCUT2D eigenvalue weighted by Crippen LogP contribution is 2.32. The van der Waals surface area contributed by atoms with Crippen molar-refractivity contribution in [1.29, 1.82) is 0 Å². The Bertz CT molecular complexity index is 1080. The standard InChI is InChI=1S/C26H29NO5S/c1-16-20(4-5-22-23(16)14-32-26(22)30)24(28)13-27-9-6-17(7-10-27)15-33-19-2-3-21-18(12-19)8-11-31-25(21)29/h2-5,12,17,24,28H,6-11,13-15H2,1H3/t24-/m1/s1. The quantitative estimate of drug-likeness (QED) is 0.510. The monoisotopic (exact) mass is 467 g/mol. The topological polar surface area (TPSA) is 76.1 Å². The van der Waals surface area contributed by atoms with E-state index in [1.54, 1.807) is 6.07 Å². The first-order valence-electron chi connectivity index (χ1n) is 11.6. The SMILES string of the molecule is Cc1c([C@H](O)CN2CCC(CSc3ccc4c(c3)CCOC4=O)CC2)ccc2c1COC2=O. The zero-order valence-corrected chi connectivity index (χ0v) is 19.7. The number of esters is 2. The van der Waals surface area contributed by atoms with Crippen LogP contribution in [0.1, 0.15) is 61.9 Å². The molecule has 0 amide bonds. The Kier molecular flexibility index (Phi) is 6.45. The largest absolute Gasteiger partial charge is 0.462 e. The molecule has 0 aliphatic carbocycles. The molecule has 33 heavy (non-hydrogen) atoms. The van der Waals surface area contributed by atoms with Crippen LogP contribution in [0.2, 0.25) is 0 Å². The normalized spacial score (nSPS) is 19.6. The Balaban J connectivity index is 1.11. The number of aliphatic hydroxyl groups is 1. The van der Waals surface area contributed by atoms with E-state index in [0.717, 1.165) is 60.4 Å². The fourth-order valence-electron chi connectivity index (χ4n) is 5.02. The molecule has 0 saturated carbocycles. The first-order chi connectivity index (χ1) is 16.0. The van der Waals surface area contributed by atoms with Crippen LogP contribution in [0.15, 0.2) is 35.2 Å². The number of β-amino-alcohol motifs (C(OH)–C–C–N with tert-alkyl or cyclic N) is 1. The summed E-state index contributed by atoms with van der Waals surface area (Å²) >= 11 is 1.87. The van der Waals surface area contributed by atoms with E-state index >= 15 is 0 Å². The molecular weight excluding hydrogens is 438 g/mol. The summed E-state index contributed by atoms with van der Waals surface area (Å²) in [6.45, 7) is 5.30. The van der Waals surface area contributed by atoms with Gasteiger partial charge in [-0.05, 0) is 79.7 Å². The van der Waals surface area contributed by atoms with Crippen LogP contribution >= 0.6 is 11.8 Å². The Morgan fingerprint density at radius 1 is 1.09 bits per heavy atom. The number of hydrogen-bond acceptors (Lipinski definition) is 7. The van der Waals surface area contributed by atoms with Crippen molar-refractivity contribution in [1.82, 2.24) is 4.90 Å². The number of piperidine rings is 1. The van der Waals surface area contributed by atoms with E-state index < -0.39 is 6.10 Å². The van der Waals surface area contributed by atoms with Crippen LogP contribution in [0.3, 0.4) is 0 Å². The van der Waals surface area contributed by atoms with Crippen LogP contribution in [0.25, 0.3) is 0 Å². The Hall–Kier alpha value is -2.35. The van der Waals surface area contributed by atoms with Gasteiger partial charge in [0.15, 0.2) is 0 Å². The molecular formula is C26H29NO5S. The molecule has 0 unspecified atom stereocenters. The summed E-state index contributed by atoms with van der Waals surface area (Å²) < 4.78 is 10.2. The molecule has 6 nitrogen and oxygen atoms in total. The average molecular weight is 468 g/mol. The maximum Gasteiger partial charge on any atom is 0.338 e. The summed E-state index contributed by atoms with van der Waals surface area (Å²) in [5, 5.41) is 10.9. The van der Waals surface area contributed by atoms with Gasteiger partial charge in [-0.2, -0.15) is 0 Å². The van der Waals surface area contributed by atoms with Gasteiger partial charge in [-0.1, -0.05) is 6.07 Å². The number of cyclic esters (lactones) is 2. The van der Waals surface area contributed by atoms with Crippen molar-refractivity contribution in [2.75, 3.05) is 32.0 Å². The third-order valence-electron chi connectivity index (χ3n) is 7.09. The van der Waals surface area contributed by atoms with Crippen molar-refractivity contribution in [3.63, 3.8) is 0 Å². The molecule has 1 N–H and O–H groups in total. The summed E-state index contributed by atoms with van der Waals surface area (Å²) in [7, 11) is 0. The molecule has 1 fully saturated rings. The predicted molar refractivity (Wildman–Crippen MR) is 126 cm³/mol. The zero-order valence-electron chi connectivity index (χ0n) is 18.8. The van der Waals surface area contributed by atoms with Gasteiger partial charge in [0.25, 0.3) is 0 Å². The maximum absolute atomic E-state index is 11.8. The number of fused-ring (bicyclic) bond motifs is 2. The second-order valence-corrected chi connectivity index (χ2v) is 10.3. The number of likely N-dealkylation sites (tertiary alicyclic amines) is 1. The fourth-order valence-corrected chi connectivity index (χ4v) is 6.17. The highest BCUT2D eigenvalue weighted by atomic mass is 32.2. The number of nitrogens with zero attached hydrogens (tertiary/aromatic N) is 1. The number of aliphatic hydroxyl groups excluding tert-OH is 1. The fraction of sp³-hybridized carbons (Fsp3) is 0.462. The van der Waals surface area contributed by atoms with E-state index in [1.807, 2.05) is 36.9 Å². The minimum Gasteiger partial charge on any atom is -0.462 e. The number of rotatable bonds is 6. The van der Waals surface area contributed by atoms with Crippen molar-refractivity contribution < 1.29 is 24.2 Å². The van der Waals surface area contributed by atoms with Crippen molar-refractivity contribution in [3.05, 3.63) is 63.7 Å². The third-order valence-corrected chi connectivity index (χ3v) is 8.32. The lowest BCUT2D eigenvalue weighted by atomic mass is 9.94. The summed E-state index contributed by atoms with van der Waals surface area (Å²) in [5.41, 5.74) is 5.19. The highest BCUT2D eigenvalue weighted by molar-refractivity contribution is 7.99. The lowest BCUT2D eigenvalue weighted by Crippen LogP contribution is -2.37. The maximum atomic E-state index is 11.8. The number of benzene rings is 2. The predicted octanol–water partition coefficient (Wildman–Crippen LogP) is 3.92. The number of ether oxygens (including phenoxy) is 2. The van der Waals surface area contributed by atoms with Crippen molar-refractivity contribution in [2.24, 2.45) is 5.92 Å². The van der Waals surface area contributed by atoms with Gasteiger partial charge in [-0.3, -0.25) is 0 Å². The molecule has 2 aromatic carbocycles. The molecule has 0 bridgehead atoms. The van der Waals surface area contributed by atoms with Gasteiger partial charge in [-0.25, -0.2) is 9.59 Å². The van der Waals surface area contributed by atoms with Gasteiger partial charge >= 0.3 is 11.9 Å². The Morgan fingerprint density at radius 3 is 2.67 bits per heavy atom. The molecule has 3 aliphatic rings. The molecule has 5 rings (SSSR count). The molecule has 1 atom stereocenters. The smallest absolute Gasteiger partial charge is 0.338 e. The third kappa shape index (κ3) is 4.67. The van der Waals surface area contributed by atoms with Crippen LogP contribution < -0.4 is 0 Å². The molecule has 174 valence electrons. The van der Waals surface area contributed by atoms with E-state index in [4.69, 9.17) is 9.47 Å². The van der Waals surface area contributed by atoms with Crippen LogP contribution in [-0.2, 0) is 22.5 Å². The van der Waals surface area contributed by atoms with Crippen LogP contribution in [0, 0.1) is 12.8 Å². The summed E-state index contributed by atoms with van der Waals surface area (Å²) in [5.74, 6) is 1.23. The van der Waals surface area contributed by atoms with E-state index in [9.17, 15) is 14.7 Å². The minimum absolute atomic E-state index is 0.209. The van der Waals surface area contributed by atoms with Crippen LogP contribution in [0.4, 0.5) is 0 Å². The van der Waals surface area contributed by atoms with Gasteiger partial charge < -0.3 is 19.5 Å². The Labute approximate surface area is 198 Å². The number of hydrogen-bond donors (Lipinski definition) is 1. The second-order valence-electron chi connectivity index (χ2n) is 9.16. The highest BCUT2D eigenvalue weighted by Gasteiger charge is 2.27. The molecule has 1 saturated heterocycles. The molecule has 7 heteroatoms. The second kappa shape index (κ2) is 9.49. The average Bonchev–Trinajstić information content (AvgIpc) is 3.20. The zero-order chi connectivity index (χ0) is 22.9. The van der Waals surface area contributed by atoms with Crippen molar-refractivity contribution in [2.45, 2.75) is 43.8 Å². The summed E-state index contributed by atoms with van der Waals surface area (Å²) in [6.07, 6.45) is 2.45. The lowest BCUT2D eigenvalue weighted by molar-refractivity contribution is 0.0478. The molecule has 3 heterocycles. The summed E-state index contributed by atoms with van der Waals surface area (Å²) in [6, 6.07) is 9.71. The first-order valence-corrected chi connectivity index (χ1v) is 12.6. The van der Waals surface area contributed by atoms with Gasteiger partial charge in [0, 0.05) is 29.2 Å². The number of thioether (sulfide) groups is 1. The van der Waals surface area contributed by atoms with Crippen molar-refractivity contribution in [3.8, 4) is 0 Å². The molecule has 3 aliphatic heterocycles. The van der Waals surface area contributed by atoms with E-state index in [0.29, 0.717) is 36.8 Å². The first kappa shape index (κ1) is 22.4. The van der Waals surface area contributed by atoms with Crippen LogP contribution in [-0.4, -0.2) is 53.9 Å².